The van der Waals surface area contributed by atoms with Gasteiger partial charge in [-0.2, -0.15) is 26.3 Å². The first-order valence-electron chi connectivity index (χ1n) is 11.8. The van der Waals surface area contributed by atoms with E-state index < -0.39 is 76.1 Å². The van der Waals surface area contributed by atoms with E-state index in [0.717, 1.165) is 29.2 Å². The lowest BCUT2D eigenvalue weighted by atomic mass is 10.0. The highest BCUT2D eigenvalue weighted by Crippen LogP contribution is 2.49. The Bertz CT molecular complexity index is 1250. The monoisotopic (exact) mass is 564 g/mol. The van der Waals surface area contributed by atoms with E-state index >= 15 is 0 Å². The van der Waals surface area contributed by atoms with Crippen LogP contribution in [0.1, 0.15) is 18.4 Å². The number of hydrogen-bond acceptors (Lipinski definition) is 6. The molecule has 2 aromatic rings. The lowest BCUT2D eigenvalue weighted by molar-refractivity contribution is -0.384. The number of benzene rings is 2. The van der Waals surface area contributed by atoms with Gasteiger partial charge in [-0.25, -0.2) is 4.39 Å². The van der Waals surface area contributed by atoms with Gasteiger partial charge in [0, 0.05) is 44.3 Å². The van der Waals surface area contributed by atoms with E-state index in [1.165, 1.54) is 12.1 Å². The molecule has 0 aromatic heterocycles. The van der Waals surface area contributed by atoms with Crippen LogP contribution in [0, 0.1) is 15.9 Å². The van der Waals surface area contributed by atoms with Crippen LogP contribution in [0.5, 0.6) is 11.5 Å². The number of amides is 1. The second-order valence-corrected chi connectivity index (χ2v) is 9.36. The highest BCUT2D eigenvalue weighted by atomic mass is 19.4. The highest BCUT2D eigenvalue weighted by molar-refractivity contribution is 5.82. The van der Waals surface area contributed by atoms with Crippen LogP contribution in [0.15, 0.2) is 36.4 Å². The van der Waals surface area contributed by atoms with Crippen molar-refractivity contribution in [3.8, 4) is 11.5 Å². The maximum atomic E-state index is 14.4. The number of nitro benzene ring substituents is 1. The molecule has 0 N–H and O–H groups in total. The molecule has 2 aromatic carbocycles. The number of halogens is 7. The molecule has 1 aliphatic carbocycles. The van der Waals surface area contributed by atoms with Crippen molar-refractivity contribution in [1.82, 2.24) is 9.80 Å². The van der Waals surface area contributed by atoms with Gasteiger partial charge in [-0.1, -0.05) is 12.1 Å². The van der Waals surface area contributed by atoms with E-state index in [-0.39, 0.29) is 19.6 Å². The molecular formula is C24H23F7N4O4. The van der Waals surface area contributed by atoms with Crippen LogP contribution in [0.4, 0.5) is 42.1 Å². The molecule has 2 fully saturated rings. The van der Waals surface area contributed by atoms with Crippen LogP contribution in [-0.2, 0) is 11.0 Å². The van der Waals surface area contributed by atoms with Gasteiger partial charge in [0.05, 0.1) is 4.92 Å². The summed E-state index contributed by atoms with van der Waals surface area (Å²) < 4.78 is 102. The molecular weight excluding hydrogens is 541 g/mol. The van der Waals surface area contributed by atoms with Crippen molar-refractivity contribution in [3.05, 3.63) is 57.9 Å². The molecule has 1 amide bonds. The Morgan fingerprint density at radius 3 is 2.31 bits per heavy atom. The first kappa shape index (κ1) is 28.4. The number of ether oxygens (including phenoxy) is 1. The minimum Gasteiger partial charge on any atom is -0.454 e. The molecule has 2 aliphatic rings. The summed E-state index contributed by atoms with van der Waals surface area (Å²) in [4.78, 5) is 26.2. The van der Waals surface area contributed by atoms with Gasteiger partial charge in [-0.05, 0) is 38.1 Å². The van der Waals surface area contributed by atoms with Gasteiger partial charge in [0.2, 0.25) is 0 Å². The normalized spacial score (nSPS) is 18.7. The number of likely N-dealkylation sites (N-methyl/N-ethyl adjacent to an activating group) is 1. The van der Waals surface area contributed by atoms with Crippen molar-refractivity contribution in [1.29, 1.82) is 0 Å². The Balaban J connectivity index is 1.74. The Kier molecular flexibility index (Phi) is 7.65. The van der Waals surface area contributed by atoms with Crippen LogP contribution in [0.2, 0.25) is 0 Å². The zero-order valence-electron chi connectivity index (χ0n) is 20.4. The average Bonchev–Trinajstić information content (AvgIpc) is 3.68. The van der Waals surface area contributed by atoms with Crippen molar-refractivity contribution in [2.75, 3.05) is 38.1 Å². The Labute approximate surface area is 217 Å². The Morgan fingerprint density at radius 2 is 1.74 bits per heavy atom. The van der Waals surface area contributed by atoms with Gasteiger partial charge in [-0.3, -0.25) is 19.8 Å². The lowest BCUT2D eigenvalue weighted by Gasteiger charge is -2.43. The smallest absolute Gasteiger partial charge is 0.454 e. The first-order valence-corrected chi connectivity index (χ1v) is 11.8. The molecule has 1 heterocycles. The number of carbonyl (C=O) groups excluding carboxylic acids is 1. The number of hydrogen-bond donors (Lipinski definition) is 0. The van der Waals surface area contributed by atoms with E-state index in [4.69, 9.17) is 4.74 Å². The summed E-state index contributed by atoms with van der Waals surface area (Å²) in [5.41, 5.74) is -3.27. The number of rotatable bonds is 7. The number of alkyl halides is 6. The fourth-order valence-corrected chi connectivity index (χ4v) is 4.55. The SMILES string of the molecule is CN1CCN(c2c([N+](=O)[O-])ccc(Oc3ccccc3F)c2C(F)(F)F)C[C@@H]1CN(C(=O)C(F)(F)F)C1CC1. The summed E-state index contributed by atoms with van der Waals surface area (Å²) in [6.07, 6.45) is -9.59. The second kappa shape index (κ2) is 10.5. The molecule has 0 unspecified atom stereocenters. The van der Waals surface area contributed by atoms with Crippen LogP contribution in [0.25, 0.3) is 0 Å². The van der Waals surface area contributed by atoms with Crippen molar-refractivity contribution in [2.45, 2.75) is 37.3 Å². The van der Waals surface area contributed by atoms with Crippen molar-refractivity contribution < 1.29 is 45.2 Å². The number of nitro groups is 1. The topological polar surface area (TPSA) is 79.2 Å². The molecule has 8 nitrogen and oxygen atoms in total. The van der Waals surface area contributed by atoms with E-state index in [0.29, 0.717) is 17.7 Å². The summed E-state index contributed by atoms with van der Waals surface area (Å²) in [6.45, 7) is -0.887. The highest BCUT2D eigenvalue weighted by Gasteiger charge is 2.49. The predicted octanol–water partition coefficient (Wildman–Crippen LogP) is 5.22. The van der Waals surface area contributed by atoms with Crippen molar-refractivity contribution >= 4 is 17.3 Å². The summed E-state index contributed by atoms with van der Waals surface area (Å²) >= 11 is 0. The van der Waals surface area contributed by atoms with Crippen molar-refractivity contribution in [2.24, 2.45) is 0 Å². The third-order valence-corrected chi connectivity index (χ3v) is 6.65. The molecule has 15 heteroatoms. The molecule has 0 bridgehead atoms. The zero-order chi connectivity index (χ0) is 28.7. The largest absolute Gasteiger partial charge is 0.471 e. The van der Waals surface area contributed by atoms with Gasteiger partial charge >= 0.3 is 18.3 Å². The lowest BCUT2D eigenvalue weighted by Crippen LogP contribution is -2.58. The number of para-hydroxylation sites is 1. The molecule has 0 spiro atoms. The van der Waals surface area contributed by atoms with E-state index in [9.17, 15) is 45.6 Å². The van der Waals surface area contributed by atoms with E-state index in [1.54, 1.807) is 11.9 Å². The average molecular weight is 564 g/mol. The van der Waals surface area contributed by atoms with E-state index in [2.05, 4.69) is 0 Å². The maximum absolute atomic E-state index is 14.4. The molecule has 0 radical (unpaired) electrons. The minimum absolute atomic E-state index is 0.0379. The van der Waals surface area contributed by atoms with E-state index in [1.807, 2.05) is 0 Å². The number of nitrogens with zero attached hydrogens (tertiary/aromatic N) is 4. The standard InChI is InChI=1S/C24H23F7N4O4/c1-32-10-11-33(12-15(32)13-34(14-6-7-14)22(36)24(29,30)31)21-17(35(37)38)8-9-19(20(21)23(26,27)28)39-18-5-3-2-4-16(18)25/h2-5,8-9,14-15H,6-7,10-13H2,1H3/t15-/m1/s1. The Morgan fingerprint density at radius 1 is 1.08 bits per heavy atom. The molecule has 1 saturated heterocycles. The molecule has 1 aliphatic heterocycles. The molecule has 212 valence electrons. The molecule has 4 rings (SSSR count). The molecule has 39 heavy (non-hydrogen) atoms. The van der Waals surface area contributed by atoms with Crippen LogP contribution >= 0.6 is 0 Å². The predicted molar refractivity (Wildman–Crippen MR) is 124 cm³/mol. The number of carbonyl (C=O) groups is 1. The number of piperazine rings is 1. The first-order chi connectivity index (χ1) is 18.2. The Hall–Kier alpha value is -3.62. The quantitative estimate of drug-likeness (QED) is 0.261. The maximum Gasteiger partial charge on any atom is 0.471 e. The van der Waals surface area contributed by atoms with Gasteiger partial charge in [0.15, 0.2) is 11.6 Å². The third kappa shape index (κ3) is 6.18. The molecule has 1 saturated carbocycles. The fraction of sp³-hybridized carbons (Fsp3) is 0.458. The molecule has 1 atom stereocenters. The van der Waals surface area contributed by atoms with Crippen LogP contribution in [0.3, 0.4) is 0 Å². The fourth-order valence-electron chi connectivity index (χ4n) is 4.55. The number of anilines is 1. The van der Waals surface area contributed by atoms with Gasteiger partial charge < -0.3 is 14.5 Å². The third-order valence-electron chi connectivity index (χ3n) is 6.65. The van der Waals surface area contributed by atoms with Crippen LogP contribution in [-0.4, -0.2) is 72.1 Å². The van der Waals surface area contributed by atoms with Gasteiger partial charge in [0.25, 0.3) is 5.69 Å². The van der Waals surface area contributed by atoms with Crippen LogP contribution < -0.4 is 9.64 Å². The zero-order valence-corrected chi connectivity index (χ0v) is 20.4. The van der Waals surface area contributed by atoms with Gasteiger partial charge in [-0.15, -0.1) is 0 Å². The van der Waals surface area contributed by atoms with Gasteiger partial charge in [0.1, 0.15) is 17.0 Å². The second-order valence-electron chi connectivity index (χ2n) is 9.36. The van der Waals surface area contributed by atoms with Crippen molar-refractivity contribution in [3.63, 3.8) is 0 Å². The summed E-state index contributed by atoms with van der Waals surface area (Å²) in [5.74, 6) is -4.42. The summed E-state index contributed by atoms with van der Waals surface area (Å²) in [7, 11) is 1.54. The summed E-state index contributed by atoms with van der Waals surface area (Å²) in [5, 5.41) is 11.8. The minimum atomic E-state index is -5.19. The summed E-state index contributed by atoms with van der Waals surface area (Å²) in [6, 6.07) is 4.70.